The van der Waals surface area contributed by atoms with Gasteiger partial charge in [0, 0.05) is 83.4 Å². The zero-order chi connectivity index (χ0) is 58.9. The number of nitrogens with zero attached hydrogens (tertiary/aromatic N) is 3. The van der Waals surface area contributed by atoms with Crippen molar-refractivity contribution in [3.05, 3.63) is 260 Å². The van der Waals surface area contributed by atoms with Crippen LogP contribution in [0.15, 0.2) is 262 Å². The van der Waals surface area contributed by atoms with Crippen LogP contribution in [-0.4, -0.2) is 4.40 Å². The van der Waals surface area contributed by atoms with E-state index in [0.29, 0.717) is 0 Å². The first kappa shape index (κ1) is 50.5. The minimum absolute atomic E-state index is 0.108. The summed E-state index contributed by atoms with van der Waals surface area (Å²) in [6, 6.07) is 90.9. The summed E-state index contributed by atoms with van der Waals surface area (Å²) in [7, 11) is 0. The summed E-state index contributed by atoms with van der Waals surface area (Å²) >= 11 is 0. The maximum atomic E-state index is 7.42. The van der Waals surface area contributed by atoms with E-state index in [9.17, 15) is 0 Å². The van der Waals surface area contributed by atoms with Gasteiger partial charge in [-0.15, -0.1) is 0 Å². The Kier molecular flexibility index (Phi) is 10.5. The van der Waals surface area contributed by atoms with Gasteiger partial charge in [0.25, 0.3) is 0 Å². The zero-order valence-electron chi connectivity index (χ0n) is 49.7. The molecule has 0 aliphatic carbocycles. The highest BCUT2D eigenvalue weighted by atomic mass is 16.3. The SMILES string of the molecule is CC(C)(C)c1cccc(N(c2ccc3c(c2)oc2ccc4ccccc4c23)c2cc3c(c4ccccc24)c2ccc(N(c4cccc(C(C)(C)C)c4)c4ccc5c(c4)oc4ccc6ccccc6c45)c4c5c6cc(-c7ccccc7)ccc6oc5n3c24)c1. The zero-order valence-corrected chi connectivity index (χ0v) is 49.7. The van der Waals surface area contributed by atoms with Gasteiger partial charge in [0.05, 0.1) is 27.8 Å². The topological polar surface area (TPSA) is 50.3 Å². The molecule has 0 unspecified atom stereocenters. The third-order valence-electron chi connectivity index (χ3n) is 18.8. The second-order valence-corrected chi connectivity index (χ2v) is 26.0. The molecule has 0 aliphatic heterocycles. The number of hydrogen-bond acceptors (Lipinski definition) is 5. The van der Waals surface area contributed by atoms with E-state index in [-0.39, 0.29) is 10.8 Å². The number of aromatic nitrogens is 1. The number of fused-ring (bicyclic) bond motifs is 20. The average Bonchev–Trinajstić information content (AvgIpc) is 1.54. The summed E-state index contributed by atoms with van der Waals surface area (Å²) in [4.78, 5) is 4.90. The molecule has 0 N–H and O–H groups in total. The third-order valence-corrected chi connectivity index (χ3v) is 18.8. The predicted octanol–water partition coefficient (Wildman–Crippen LogP) is 24.0. The van der Waals surface area contributed by atoms with Crippen LogP contribution >= 0.6 is 0 Å². The molecule has 18 aromatic rings. The highest BCUT2D eigenvalue weighted by Gasteiger charge is 2.31. The van der Waals surface area contributed by atoms with Crippen LogP contribution < -0.4 is 9.80 Å². The first-order valence-electron chi connectivity index (χ1n) is 30.5. The summed E-state index contributed by atoms with van der Waals surface area (Å²) in [6.45, 7) is 13.7. The minimum atomic E-state index is -0.117. The monoisotopic (exact) mass is 1130 g/mol. The molecule has 6 nitrogen and oxygen atoms in total. The average molecular weight is 1130 g/mol. The van der Waals surface area contributed by atoms with Gasteiger partial charge in [-0.2, -0.15) is 0 Å². The maximum Gasteiger partial charge on any atom is 0.213 e. The molecule has 0 radical (unpaired) electrons. The molecule has 0 atom stereocenters. The molecular formula is C82H59N3O3. The second kappa shape index (κ2) is 18.4. The van der Waals surface area contributed by atoms with Crippen LogP contribution in [0.4, 0.5) is 34.1 Å². The van der Waals surface area contributed by atoms with Crippen molar-refractivity contribution in [3.63, 3.8) is 0 Å². The van der Waals surface area contributed by atoms with Gasteiger partial charge >= 0.3 is 0 Å². The van der Waals surface area contributed by atoms with Crippen molar-refractivity contribution in [2.24, 2.45) is 0 Å². The number of hydrogen-bond donors (Lipinski definition) is 0. The number of rotatable bonds is 7. The summed E-state index contributed by atoms with van der Waals surface area (Å²) in [5.41, 5.74) is 17.9. The molecule has 13 aromatic carbocycles. The standard InChI is InChI=1S/C82H59N3O3/c1-81(2,3)52-22-16-24-54(43-52)83(56-33-35-62-72(45-56)86-70-40-30-49-20-10-12-26-58(49)75(62)70)66-38-37-64-74-61-29-15-14-28-60(61)67(47-68(74)85-79(64)78(66)77-65-42-51(48-18-8-7-9-19-48)32-39-69(65)88-80(77)85)84(55-25-17-23-53(44-55)82(4,5)6)57-34-36-63-73(46-57)87-71-41-31-50-21-11-13-27-59(50)76(63)71/h7-47H,1-6H3. The first-order valence-corrected chi connectivity index (χ1v) is 30.5. The molecule has 420 valence electrons. The van der Waals surface area contributed by atoms with Crippen LogP contribution in [0.1, 0.15) is 52.7 Å². The fraction of sp³-hybridized carbons (Fsp3) is 0.0976. The van der Waals surface area contributed by atoms with Gasteiger partial charge in [-0.3, -0.25) is 4.40 Å². The van der Waals surface area contributed by atoms with Crippen molar-refractivity contribution in [2.75, 3.05) is 9.80 Å². The van der Waals surface area contributed by atoms with Gasteiger partial charge in [-0.05, 0) is 145 Å². The molecular weight excluding hydrogens is 1070 g/mol. The predicted molar refractivity (Wildman–Crippen MR) is 370 cm³/mol. The van der Waals surface area contributed by atoms with E-state index < -0.39 is 0 Å². The third kappa shape index (κ3) is 7.42. The van der Waals surface area contributed by atoms with Crippen molar-refractivity contribution in [2.45, 2.75) is 52.4 Å². The molecule has 88 heavy (non-hydrogen) atoms. The molecule has 0 bridgehead atoms. The van der Waals surface area contributed by atoms with Gasteiger partial charge in [0.2, 0.25) is 5.71 Å². The van der Waals surface area contributed by atoms with E-state index in [2.05, 4.69) is 304 Å². The number of furan rings is 3. The Bertz CT molecular complexity index is 5920. The van der Waals surface area contributed by atoms with Crippen LogP contribution in [0.3, 0.4) is 0 Å². The Balaban J connectivity index is 0.952. The van der Waals surface area contributed by atoms with E-state index in [1.807, 2.05) is 0 Å². The summed E-state index contributed by atoms with van der Waals surface area (Å²) in [6.07, 6.45) is 0. The lowest BCUT2D eigenvalue weighted by molar-refractivity contribution is 0.590. The van der Waals surface area contributed by atoms with Crippen molar-refractivity contribution in [1.82, 2.24) is 4.40 Å². The summed E-state index contributed by atoms with van der Waals surface area (Å²) in [5.74, 6) is 0. The first-order chi connectivity index (χ1) is 42.9. The van der Waals surface area contributed by atoms with Crippen molar-refractivity contribution in [1.29, 1.82) is 0 Å². The van der Waals surface area contributed by atoms with Crippen molar-refractivity contribution < 1.29 is 13.3 Å². The van der Waals surface area contributed by atoms with Crippen LogP contribution in [-0.2, 0) is 10.8 Å². The second-order valence-electron chi connectivity index (χ2n) is 26.0. The molecule has 0 aliphatic rings. The van der Waals surface area contributed by atoms with Crippen LogP contribution in [0.2, 0.25) is 0 Å². The lowest BCUT2D eigenvalue weighted by Crippen LogP contribution is -2.14. The fourth-order valence-electron chi connectivity index (χ4n) is 14.5. The van der Waals surface area contributed by atoms with Gasteiger partial charge < -0.3 is 23.1 Å². The molecule has 5 heterocycles. The lowest BCUT2D eigenvalue weighted by atomic mass is 9.86. The van der Waals surface area contributed by atoms with Crippen LogP contribution in [0, 0.1) is 0 Å². The summed E-state index contributed by atoms with van der Waals surface area (Å²) in [5, 5.41) is 17.0. The Morgan fingerprint density at radius 2 is 0.818 bits per heavy atom. The molecule has 0 fully saturated rings. The molecule has 0 saturated heterocycles. The van der Waals surface area contributed by atoms with Gasteiger partial charge in [-0.25, -0.2) is 0 Å². The van der Waals surface area contributed by atoms with E-state index in [4.69, 9.17) is 13.3 Å². The Labute approximate surface area is 507 Å². The fourth-order valence-corrected chi connectivity index (χ4v) is 14.5. The highest BCUT2D eigenvalue weighted by Crippen LogP contribution is 2.54. The Morgan fingerprint density at radius 3 is 1.42 bits per heavy atom. The van der Waals surface area contributed by atoms with Crippen molar-refractivity contribution in [3.8, 4) is 11.1 Å². The van der Waals surface area contributed by atoms with E-state index >= 15 is 0 Å². The number of benzene rings is 13. The number of anilines is 6. The van der Waals surface area contributed by atoms with E-state index in [1.165, 1.54) is 38.1 Å². The largest absolute Gasteiger partial charge is 0.456 e. The molecule has 0 saturated carbocycles. The van der Waals surface area contributed by atoms with Gasteiger partial charge in [0.1, 0.15) is 27.9 Å². The van der Waals surface area contributed by atoms with Gasteiger partial charge in [-0.1, -0.05) is 193 Å². The van der Waals surface area contributed by atoms with Gasteiger partial charge in [0.15, 0.2) is 0 Å². The Morgan fingerprint density at radius 1 is 0.295 bits per heavy atom. The summed E-state index contributed by atoms with van der Waals surface area (Å²) < 4.78 is 23.6. The van der Waals surface area contributed by atoms with E-state index in [1.54, 1.807) is 0 Å². The molecule has 6 heteroatoms. The normalized spacial score (nSPS) is 12.7. The molecule has 18 rings (SSSR count). The maximum absolute atomic E-state index is 7.42. The highest BCUT2D eigenvalue weighted by molar-refractivity contribution is 6.35. The minimum Gasteiger partial charge on any atom is -0.456 e. The van der Waals surface area contributed by atoms with Crippen molar-refractivity contribution >= 4 is 160 Å². The Hall–Kier alpha value is -10.8. The quantitative estimate of drug-likeness (QED) is 0.159. The molecule has 0 spiro atoms. The van der Waals surface area contributed by atoms with Crippen LogP contribution in [0.5, 0.6) is 0 Å². The smallest absolute Gasteiger partial charge is 0.213 e. The van der Waals surface area contributed by atoms with Crippen LogP contribution in [0.25, 0.3) is 137 Å². The lowest BCUT2D eigenvalue weighted by Gasteiger charge is -2.29. The van der Waals surface area contributed by atoms with E-state index in [0.717, 1.165) is 144 Å². The molecule has 5 aromatic heterocycles. The molecule has 0 amide bonds.